The Morgan fingerprint density at radius 1 is 1.43 bits per heavy atom. The van der Waals surface area contributed by atoms with Crippen molar-refractivity contribution in [3.05, 3.63) is 35.9 Å². The Balaban J connectivity index is 1.64. The van der Waals surface area contributed by atoms with Crippen LogP contribution in [-0.2, 0) is 20.8 Å². The van der Waals surface area contributed by atoms with Gasteiger partial charge in [0.2, 0.25) is 0 Å². The van der Waals surface area contributed by atoms with E-state index in [0.29, 0.717) is 13.0 Å². The summed E-state index contributed by atoms with van der Waals surface area (Å²) >= 11 is 0. The fourth-order valence-electron chi connectivity index (χ4n) is 2.89. The molecule has 114 valence electrons. The van der Waals surface area contributed by atoms with Gasteiger partial charge in [-0.25, -0.2) is 4.79 Å². The lowest BCUT2D eigenvalue weighted by Gasteiger charge is -2.38. The van der Waals surface area contributed by atoms with Crippen molar-refractivity contribution in [3.63, 3.8) is 0 Å². The van der Waals surface area contributed by atoms with Crippen molar-refractivity contribution in [3.8, 4) is 0 Å². The van der Waals surface area contributed by atoms with Crippen LogP contribution in [0.2, 0.25) is 0 Å². The Morgan fingerprint density at radius 2 is 2.19 bits per heavy atom. The van der Waals surface area contributed by atoms with Gasteiger partial charge < -0.3 is 19.3 Å². The molecule has 21 heavy (non-hydrogen) atoms. The van der Waals surface area contributed by atoms with Crippen LogP contribution in [0.25, 0.3) is 0 Å². The zero-order valence-electron chi connectivity index (χ0n) is 11.8. The predicted molar refractivity (Wildman–Crippen MR) is 73.4 cm³/mol. The van der Waals surface area contributed by atoms with Crippen LogP contribution >= 0.6 is 0 Å². The number of carbonyl (C=O) groups excluding carboxylic acids is 1. The second-order valence-electron chi connectivity index (χ2n) is 5.34. The van der Waals surface area contributed by atoms with Gasteiger partial charge in [-0.15, -0.1) is 0 Å². The summed E-state index contributed by atoms with van der Waals surface area (Å²) in [6.45, 7) is 0.588. The van der Waals surface area contributed by atoms with Gasteiger partial charge in [0.15, 0.2) is 6.23 Å². The molecular weight excluding hydrogens is 274 g/mol. The zero-order valence-corrected chi connectivity index (χ0v) is 11.8. The van der Waals surface area contributed by atoms with Crippen LogP contribution in [0.15, 0.2) is 30.3 Å². The zero-order chi connectivity index (χ0) is 14.8. The topological polar surface area (TPSA) is 68.2 Å². The van der Waals surface area contributed by atoms with E-state index >= 15 is 0 Å². The second kappa shape index (κ2) is 6.01. The van der Waals surface area contributed by atoms with E-state index in [1.807, 2.05) is 30.3 Å². The number of methoxy groups -OCH3 is 1. The molecule has 0 unspecified atom stereocenters. The van der Waals surface area contributed by atoms with Crippen LogP contribution in [0.5, 0.6) is 0 Å². The number of hydrogen-bond donors (Lipinski definition) is 1. The lowest BCUT2D eigenvalue weighted by molar-refractivity contribution is -0.174. The monoisotopic (exact) mass is 293 g/mol. The van der Waals surface area contributed by atoms with E-state index in [4.69, 9.17) is 14.2 Å². The van der Waals surface area contributed by atoms with Crippen molar-refractivity contribution < 1.29 is 24.1 Å². The Hall–Kier alpha value is -1.63. The van der Waals surface area contributed by atoms with Gasteiger partial charge in [0.25, 0.3) is 0 Å². The highest BCUT2D eigenvalue weighted by Gasteiger charge is 2.49. The Kier molecular flexibility index (Phi) is 4.10. The molecule has 0 aliphatic carbocycles. The molecule has 0 saturated carbocycles. The summed E-state index contributed by atoms with van der Waals surface area (Å²) in [5, 5.41) is 9.92. The molecular formula is C15H19NO5. The van der Waals surface area contributed by atoms with Gasteiger partial charge in [0, 0.05) is 13.5 Å². The van der Waals surface area contributed by atoms with E-state index < -0.39 is 24.5 Å². The molecule has 2 aliphatic rings. The molecule has 0 radical (unpaired) electrons. The normalized spacial score (nSPS) is 31.2. The molecule has 2 heterocycles. The van der Waals surface area contributed by atoms with Gasteiger partial charge in [0.1, 0.15) is 12.7 Å². The summed E-state index contributed by atoms with van der Waals surface area (Å²) < 4.78 is 16.3. The summed E-state index contributed by atoms with van der Waals surface area (Å²) in [4.78, 5) is 13.8. The average Bonchev–Trinajstić information content (AvgIpc) is 2.81. The molecule has 0 aromatic heterocycles. The minimum Gasteiger partial charge on any atom is -0.444 e. The molecule has 1 aromatic rings. The van der Waals surface area contributed by atoms with Crippen molar-refractivity contribution in [2.75, 3.05) is 13.7 Å². The number of morpholine rings is 1. The molecule has 1 N–H and O–H groups in total. The van der Waals surface area contributed by atoms with Crippen molar-refractivity contribution in [1.82, 2.24) is 4.90 Å². The van der Waals surface area contributed by atoms with E-state index in [2.05, 4.69) is 0 Å². The van der Waals surface area contributed by atoms with Crippen LogP contribution in [0, 0.1) is 0 Å². The molecule has 6 heteroatoms. The maximum Gasteiger partial charge on any atom is 0.412 e. The fraction of sp³-hybridized carbons (Fsp3) is 0.533. The smallest absolute Gasteiger partial charge is 0.412 e. The van der Waals surface area contributed by atoms with Crippen LogP contribution in [-0.4, -0.2) is 54.3 Å². The van der Waals surface area contributed by atoms with Crippen molar-refractivity contribution in [2.24, 2.45) is 0 Å². The highest BCUT2D eigenvalue weighted by atomic mass is 16.6. The third kappa shape index (κ3) is 2.88. The third-order valence-corrected chi connectivity index (χ3v) is 3.90. The largest absolute Gasteiger partial charge is 0.444 e. The van der Waals surface area contributed by atoms with Gasteiger partial charge in [0.05, 0.1) is 18.8 Å². The number of nitrogens with zero attached hydrogens (tertiary/aromatic N) is 1. The Labute approximate surface area is 123 Å². The van der Waals surface area contributed by atoms with Crippen molar-refractivity contribution in [2.45, 2.75) is 37.6 Å². The van der Waals surface area contributed by atoms with Gasteiger partial charge >= 0.3 is 6.09 Å². The lowest BCUT2D eigenvalue weighted by atomic mass is 10.1. The molecule has 2 bridgehead atoms. The van der Waals surface area contributed by atoms with E-state index in [0.717, 1.165) is 5.56 Å². The first-order valence-corrected chi connectivity index (χ1v) is 7.02. The predicted octanol–water partition coefficient (Wildman–Crippen LogP) is 1.13. The number of aliphatic hydroxyl groups excluding tert-OH is 1. The summed E-state index contributed by atoms with van der Waals surface area (Å²) in [6.07, 6.45) is -1.79. The van der Waals surface area contributed by atoms with Gasteiger partial charge in [-0.2, -0.15) is 0 Å². The van der Waals surface area contributed by atoms with E-state index in [1.54, 1.807) is 0 Å². The Bertz CT molecular complexity index is 494. The van der Waals surface area contributed by atoms with E-state index in [1.165, 1.54) is 12.0 Å². The summed E-state index contributed by atoms with van der Waals surface area (Å²) in [6, 6.07) is 9.49. The standard InChI is InChI=1S/C15H19NO5/c1-19-14-13-12(17)7-11(21-13)8-16(14)15(18)20-9-10-5-3-2-4-6-10/h2-6,11-14,17H,7-9H2,1H3/t11-,12+,13+,14+/m0/s1. The van der Waals surface area contributed by atoms with Gasteiger partial charge in [-0.05, 0) is 5.56 Å². The molecule has 1 amide bonds. The number of ether oxygens (including phenoxy) is 3. The van der Waals surface area contributed by atoms with Crippen LogP contribution in [0.4, 0.5) is 4.79 Å². The second-order valence-corrected chi connectivity index (χ2v) is 5.34. The van der Waals surface area contributed by atoms with Crippen molar-refractivity contribution >= 4 is 6.09 Å². The molecule has 2 aliphatic heterocycles. The fourth-order valence-corrected chi connectivity index (χ4v) is 2.89. The molecule has 0 spiro atoms. The first-order valence-electron chi connectivity index (χ1n) is 7.02. The van der Waals surface area contributed by atoms with Gasteiger partial charge in [-0.3, -0.25) is 4.90 Å². The Morgan fingerprint density at radius 3 is 2.90 bits per heavy atom. The number of fused-ring (bicyclic) bond motifs is 2. The molecule has 2 fully saturated rings. The lowest BCUT2D eigenvalue weighted by Crippen LogP contribution is -2.55. The summed E-state index contributed by atoms with van der Waals surface area (Å²) in [5.41, 5.74) is 0.927. The highest BCUT2D eigenvalue weighted by molar-refractivity contribution is 5.68. The minimum atomic E-state index is -0.609. The first kappa shape index (κ1) is 14.3. The van der Waals surface area contributed by atoms with Crippen molar-refractivity contribution in [1.29, 1.82) is 0 Å². The average molecular weight is 293 g/mol. The maximum atomic E-state index is 12.3. The maximum absolute atomic E-state index is 12.3. The number of aliphatic hydroxyl groups is 1. The van der Waals surface area contributed by atoms with E-state index in [-0.39, 0.29) is 12.7 Å². The SMILES string of the molecule is CO[C@@H]1[C@@H]2O[C@@H](C[C@H]2O)CN1C(=O)OCc1ccccc1. The number of likely N-dealkylation sites (tertiary alicyclic amines) is 1. The molecule has 4 atom stereocenters. The number of hydrogen-bond acceptors (Lipinski definition) is 5. The van der Waals surface area contributed by atoms with Gasteiger partial charge in [-0.1, -0.05) is 30.3 Å². The number of amides is 1. The van der Waals surface area contributed by atoms with Crippen LogP contribution in [0.1, 0.15) is 12.0 Å². The number of carbonyl (C=O) groups is 1. The van der Waals surface area contributed by atoms with Crippen LogP contribution in [0.3, 0.4) is 0 Å². The molecule has 2 saturated heterocycles. The molecule has 1 aromatic carbocycles. The quantitative estimate of drug-likeness (QED) is 0.905. The summed E-state index contributed by atoms with van der Waals surface area (Å²) in [7, 11) is 1.50. The summed E-state index contributed by atoms with van der Waals surface area (Å²) in [5.74, 6) is 0. The number of benzene rings is 1. The molecule has 6 nitrogen and oxygen atoms in total. The first-order chi connectivity index (χ1) is 10.2. The minimum absolute atomic E-state index is 0.152. The highest BCUT2D eigenvalue weighted by Crippen LogP contribution is 2.32. The number of rotatable bonds is 3. The van der Waals surface area contributed by atoms with Crippen LogP contribution < -0.4 is 0 Å². The molecule has 3 rings (SSSR count). The third-order valence-electron chi connectivity index (χ3n) is 3.90. The van der Waals surface area contributed by atoms with E-state index in [9.17, 15) is 9.90 Å².